The van der Waals surface area contributed by atoms with Crippen LogP contribution in [0.1, 0.15) is 59.3 Å². The van der Waals surface area contributed by atoms with Gasteiger partial charge in [-0.3, -0.25) is 9.79 Å². The highest BCUT2D eigenvalue weighted by Gasteiger charge is 2.25. The fourth-order valence-corrected chi connectivity index (χ4v) is 3.53. The summed E-state index contributed by atoms with van der Waals surface area (Å²) in [5.41, 5.74) is 1.06. The van der Waals surface area contributed by atoms with Crippen LogP contribution in [0.4, 0.5) is 9.18 Å². The maximum absolute atomic E-state index is 14.5. The molecule has 6 nitrogen and oxygen atoms in total. The number of hydrogen-bond acceptors (Lipinski definition) is 4. The van der Waals surface area contributed by atoms with E-state index in [1.54, 1.807) is 20.9 Å². The second-order valence-corrected chi connectivity index (χ2v) is 8.09. The maximum atomic E-state index is 14.5. The summed E-state index contributed by atoms with van der Waals surface area (Å²) in [5.74, 6) is 0.987. The lowest BCUT2D eigenvalue weighted by atomic mass is 9.86. The minimum atomic E-state index is -1.13. The number of nitrogens with one attached hydrogen (secondary N) is 1. The number of hydrogen-bond donors (Lipinski definition) is 1. The summed E-state index contributed by atoms with van der Waals surface area (Å²) in [6.45, 7) is 5.50. The van der Waals surface area contributed by atoms with Crippen molar-refractivity contribution >= 4 is 40.7 Å². The summed E-state index contributed by atoms with van der Waals surface area (Å²) in [7, 11) is 1.72. The molecule has 2 amide bonds. The molecule has 0 radical (unpaired) electrons. The minimum Gasteiger partial charge on any atom is -0.333 e. The van der Waals surface area contributed by atoms with E-state index in [9.17, 15) is 14.0 Å². The number of amides is 2. The molecule has 0 fully saturated rings. The molecule has 0 heterocycles. The number of carbonyl (C=O) groups is 2. The lowest BCUT2D eigenvalue weighted by Gasteiger charge is -2.24. The van der Waals surface area contributed by atoms with Gasteiger partial charge in [0.05, 0.1) is 17.3 Å². The molecule has 1 N–H and O–H groups in total. The van der Waals surface area contributed by atoms with E-state index >= 15 is 0 Å². The van der Waals surface area contributed by atoms with Crippen LogP contribution in [0.25, 0.3) is 0 Å². The van der Waals surface area contributed by atoms with Crippen LogP contribution >= 0.6 is 11.8 Å². The Bertz CT molecular complexity index is 674. The standard InChI is InChI=1S/C21H33FN4O2S/c1-5-7-12-24-20(23-4)17-10-8-16(9-11-17)19(22)13-25-21(28)26-15(3)29-14-18(27)6-2/h10,12,16,19H,5-9,11,13-14H2,1-4H3,(H,25,28). The molecule has 0 aliphatic heterocycles. The molecule has 1 aliphatic carbocycles. The Morgan fingerprint density at radius 1 is 1.41 bits per heavy atom. The van der Waals surface area contributed by atoms with Gasteiger partial charge in [-0.2, -0.15) is 4.99 Å². The summed E-state index contributed by atoms with van der Waals surface area (Å²) in [6, 6.07) is -0.570. The molecule has 0 aromatic carbocycles. The van der Waals surface area contributed by atoms with E-state index < -0.39 is 12.2 Å². The van der Waals surface area contributed by atoms with Crippen molar-refractivity contribution in [2.24, 2.45) is 20.9 Å². The van der Waals surface area contributed by atoms with E-state index in [1.165, 1.54) is 11.8 Å². The molecule has 0 aromatic rings. The molecule has 8 heteroatoms. The Morgan fingerprint density at radius 2 is 2.17 bits per heavy atom. The second-order valence-electron chi connectivity index (χ2n) is 6.93. The van der Waals surface area contributed by atoms with Gasteiger partial charge in [0.25, 0.3) is 0 Å². The van der Waals surface area contributed by atoms with E-state index in [0.29, 0.717) is 30.1 Å². The molecule has 0 spiro atoms. The first-order valence-electron chi connectivity index (χ1n) is 10.2. The van der Waals surface area contributed by atoms with Crippen LogP contribution in [0.15, 0.2) is 26.6 Å². The third-order valence-corrected chi connectivity index (χ3v) is 5.61. The molecule has 1 rings (SSSR count). The summed E-state index contributed by atoms with van der Waals surface area (Å²) < 4.78 is 14.5. The highest BCUT2D eigenvalue weighted by molar-refractivity contribution is 8.14. The number of thioether (sulfide) groups is 1. The molecule has 162 valence electrons. The number of rotatable bonds is 9. The van der Waals surface area contributed by atoms with E-state index in [-0.39, 0.29) is 18.2 Å². The van der Waals surface area contributed by atoms with Crippen molar-refractivity contribution in [2.75, 3.05) is 19.3 Å². The van der Waals surface area contributed by atoms with Gasteiger partial charge in [0, 0.05) is 19.7 Å². The van der Waals surface area contributed by atoms with E-state index in [2.05, 4.69) is 27.2 Å². The van der Waals surface area contributed by atoms with Crippen molar-refractivity contribution in [2.45, 2.75) is 65.5 Å². The Labute approximate surface area is 177 Å². The number of alkyl halides is 1. The largest absolute Gasteiger partial charge is 0.341 e. The number of Topliss-reactive ketones (excluding diaryl/α,β-unsaturated/α-hetero) is 1. The third kappa shape index (κ3) is 9.96. The smallest absolute Gasteiger partial charge is 0.333 e. The van der Waals surface area contributed by atoms with E-state index in [4.69, 9.17) is 0 Å². The molecule has 29 heavy (non-hydrogen) atoms. The van der Waals surface area contributed by atoms with Crippen LogP contribution in [0, 0.1) is 5.92 Å². The van der Waals surface area contributed by atoms with E-state index in [0.717, 1.165) is 30.7 Å². The van der Waals surface area contributed by atoms with Crippen molar-refractivity contribution in [3.63, 3.8) is 0 Å². The highest BCUT2D eigenvalue weighted by atomic mass is 32.2. The Morgan fingerprint density at radius 3 is 2.76 bits per heavy atom. The Hall–Kier alpha value is -1.83. The molecule has 1 aliphatic rings. The van der Waals surface area contributed by atoms with Gasteiger partial charge in [-0.05, 0) is 44.1 Å². The molecule has 0 saturated heterocycles. The first-order valence-corrected chi connectivity index (χ1v) is 11.2. The number of amidine groups is 1. The van der Waals surface area contributed by atoms with Gasteiger partial charge in [0.2, 0.25) is 0 Å². The first kappa shape index (κ1) is 25.2. The molecule has 0 aromatic heterocycles. The molecule has 0 saturated carbocycles. The molecular formula is C21H33FN4O2S. The van der Waals surface area contributed by atoms with Gasteiger partial charge in [-0.1, -0.05) is 26.3 Å². The Balaban J connectivity index is 2.46. The summed E-state index contributed by atoms with van der Waals surface area (Å²) in [6.07, 6.45) is 7.20. The highest BCUT2D eigenvalue weighted by Crippen LogP contribution is 2.28. The number of carbonyl (C=O) groups excluding carboxylic acids is 2. The van der Waals surface area contributed by atoms with Crippen LogP contribution in [0.5, 0.6) is 0 Å². The fourth-order valence-electron chi connectivity index (χ4n) is 2.80. The lowest BCUT2D eigenvalue weighted by molar-refractivity contribution is -0.116. The number of aliphatic imine (C=N–C) groups is 3. The average Bonchev–Trinajstić information content (AvgIpc) is 2.73. The third-order valence-electron chi connectivity index (χ3n) is 4.64. The van der Waals surface area contributed by atoms with Crippen molar-refractivity contribution in [1.29, 1.82) is 0 Å². The van der Waals surface area contributed by atoms with Crippen LogP contribution in [-0.4, -0.2) is 54.4 Å². The molecule has 2 atom stereocenters. The number of urea groups is 1. The van der Waals surface area contributed by atoms with Crippen LogP contribution < -0.4 is 5.32 Å². The van der Waals surface area contributed by atoms with Gasteiger partial charge < -0.3 is 5.32 Å². The zero-order chi connectivity index (χ0) is 21.6. The fraction of sp³-hybridized carbons (Fsp3) is 0.667. The average molecular weight is 425 g/mol. The summed E-state index contributed by atoms with van der Waals surface area (Å²) in [4.78, 5) is 35.6. The van der Waals surface area contributed by atoms with Crippen LogP contribution in [-0.2, 0) is 4.79 Å². The summed E-state index contributed by atoms with van der Waals surface area (Å²) >= 11 is 1.23. The number of allylic oxidation sites excluding steroid dienone is 1. The molecule has 2 unspecified atom stereocenters. The topological polar surface area (TPSA) is 83.2 Å². The lowest BCUT2D eigenvalue weighted by Crippen LogP contribution is -2.33. The molecular weight excluding hydrogens is 391 g/mol. The maximum Gasteiger partial charge on any atom is 0.341 e. The van der Waals surface area contributed by atoms with Gasteiger partial charge in [-0.25, -0.2) is 14.2 Å². The van der Waals surface area contributed by atoms with Crippen molar-refractivity contribution in [1.82, 2.24) is 5.32 Å². The second kappa shape index (κ2) is 14.2. The normalized spacial score (nSPS) is 19.2. The van der Waals surface area contributed by atoms with Crippen LogP contribution in [0.3, 0.4) is 0 Å². The van der Waals surface area contributed by atoms with Gasteiger partial charge in [-0.15, -0.1) is 11.8 Å². The van der Waals surface area contributed by atoms with Gasteiger partial charge in [0.1, 0.15) is 17.8 Å². The quantitative estimate of drug-likeness (QED) is 0.427. The SMILES string of the molecule is CCCC=NC(=NC)C1=CCC(C(F)CNC(=O)N=C(C)SCC(=O)CC)CC1. The van der Waals surface area contributed by atoms with Gasteiger partial charge in [0.15, 0.2) is 0 Å². The predicted molar refractivity (Wildman–Crippen MR) is 121 cm³/mol. The Kier molecular flexibility index (Phi) is 12.3. The predicted octanol–water partition coefficient (Wildman–Crippen LogP) is 4.79. The van der Waals surface area contributed by atoms with Crippen molar-refractivity contribution in [3.05, 3.63) is 11.6 Å². The zero-order valence-electron chi connectivity index (χ0n) is 17.9. The number of ketones is 1. The number of unbranched alkanes of at least 4 members (excludes halogenated alkanes) is 1. The van der Waals surface area contributed by atoms with Gasteiger partial charge >= 0.3 is 6.03 Å². The number of nitrogens with zero attached hydrogens (tertiary/aromatic N) is 3. The minimum absolute atomic E-state index is 0.0641. The summed E-state index contributed by atoms with van der Waals surface area (Å²) in [5, 5.41) is 3.02. The van der Waals surface area contributed by atoms with Crippen LogP contribution in [0.2, 0.25) is 0 Å². The van der Waals surface area contributed by atoms with E-state index in [1.807, 2.05) is 12.3 Å². The molecule has 0 bridgehead atoms. The number of halogens is 1. The van der Waals surface area contributed by atoms with Crippen molar-refractivity contribution in [3.8, 4) is 0 Å². The van der Waals surface area contributed by atoms with Crippen molar-refractivity contribution < 1.29 is 14.0 Å². The monoisotopic (exact) mass is 424 g/mol. The first-order chi connectivity index (χ1) is 13.9. The zero-order valence-corrected chi connectivity index (χ0v) is 18.7.